The Labute approximate surface area is 173 Å². The Morgan fingerprint density at radius 2 is 1.64 bits per heavy atom. The van der Waals surface area contributed by atoms with Gasteiger partial charge in [-0.15, -0.1) is 11.6 Å². The van der Waals surface area contributed by atoms with Gasteiger partial charge in [0.05, 0.1) is 27.7 Å². The minimum absolute atomic E-state index is 0.177. The van der Waals surface area contributed by atoms with Crippen molar-refractivity contribution in [3.63, 3.8) is 0 Å². The van der Waals surface area contributed by atoms with Gasteiger partial charge in [-0.2, -0.15) is 5.10 Å². The highest BCUT2D eigenvalue weighted by molar-refractivity contribution is 8.00. The zero-order valence-electron chi connectivity index (χ0n) is 15.6. The summed E-state index contributed by atoms with van der Waals surface area (Å²) >= 11 is 8.26. The Hall–Kier alpha value is -2.63. The lowest BCUT2D eigenvalue weighted by Gasteiger charge is -2.10. The lowest BCUT2D eigenvalue weighted by Crippen LogP contribution is -2.03. The largest absolute Gasteiger partial charge is 0.255 e. The maximum Gasteiger partial charge on any atom is 0.154 e. The van der Waals surface area contributed by atoms with Crippen molar-refractivity contribution in [2.75, 3.05) is 0 Å². The molecule has 0 N–H and O–H groups in total. The first kappa shape index (κ1) is 18.7. The number of rotatable bonds is 5. The van der Waals surface area contributed by atoms with Crippen molar-refractivity contribution in [3.8, 4) is 17.2 Å². The normalized spacial score (nSPS) is 12.1. The van der Waals surface area contributed by atoms with E-state index < -0.39 is 0 Å². The molecule has 1 aromatic carbocycles. The van der Waals surface area contributed by atoms with Crippen LogP contribution in [0.25, 0.3) is 17.2 Å². The summed E-state index contributed by atoms with van der Waals surface area (Å²) in [5, 5.41) is 4.72. The summed E-state index contributed by atoms with van der Waals surface area (Å²) in [6.45, 7) is 4.05. The first-order valence-corrected chi connectivity index (χ1v) is 10.3. The van der Waals surface area contributed by atoms with Gasteiger partial charge in [-0.25, -0.2) is 9.67 Å². The number of pyridine rings is 2. The molecule has 3 aromatic heterocycles. The lowest BCUT2D eigenvalue weighted by atomic mass is 10.2. The fourth-order valence-electron chi connectivity index (χ4n) is 3.00. The van der Waals surface area contributed by atoms with Crippen LogP contribution in [0.5, 0.6) is 0 Å². The van der Waals surface area contributed by atoms with Crippen molar-refractivity contribution in [3.05, 3.63) is 89.9 Å². The predicted molar refractivity (Wildman–Crippen MR) is 115 cm³/mol. The van der Waals surface area contributed by atoms with Gasteiger partial charge in [0, 0.05) is 6.20 Å². The Morgan fingerprint density at radius 3 is 2.39 bits per heavy atom. The van der Waals surface area contributed by atoms with E-state index in [1.807, 2.05) is 85.3 Å². The zero-order chi connectivity index (χ0) is 19.5. The number of aromatic nitrogens is 4. The molecule has 4 rings (SSSR count). The van der Waals surface area contributed by atoms with Gasteiger partial charge in [0.2, 0.25) is 0 Å². The van der Waals surface area contributed by atoms with Gasteiger partial charge in [0.25, 0.3) is 0 Å². The first-order valence-electron chi connectivity index (χ1n) is 8.94. The average Bonchev–Trinajstić information content (AvgIpc) is 3.03. The summed E-state index contributed by atoms with van der Waals surface area (Å²) in [6, 6.07) is 21.8. The summed E-state index contributed by atoms with van der Waals surface area (Å²) in [5.74, 6) is 0.765. The molecule has 0 amide bonds. The van der Waals surface area contributed by atoms with Crippen LogP contribution < -0.4 is 0 Å². The van der Waals surface area contributed by atoms with Crippen LogP contribution in [0.2, 0.25) is 0 Å². The number of hydrogen-bond donors (Lipinski definition) is 0. The molecule has 0 aliphatic heterocycles. The van der Waals surface area contributed by atoms with Crippen LogP contribution >= 0.6 is 23.4 Å². The average molecular weight is 407 g/mol. The van der Waals surface area contributed by atoms with Gasteiger partial charge in [0.15, 0.2) is 5.82 Å². The zero-order valence-corrected chi connectivity index (χ0v) is 17.2. The number of hydrogen-bond acceptors (Lipinski definition) is 4. The number of alkyl halides is 1. The number of thioether (sulfide) groups is 1. The van der Waals surface area contributed by atoms with Crippen molar-refractivity contribution < 1.29 is 0 Å². The van der Waals surface area contributed by atoms with E-state index in [0.29, 0.717) is 0 Å². The van der Waals surface area contributed by atoms with Crippen molar-refractivity contribution >= 4 is 23.4 Å². The molecular weight excluding hydrogens is 388 g/mol. The molecule has 1 atom stereocenters. The molecule has 0 aliphatic rings. The van der Waals surface area contributed by atoms with Crippen LogP contribution in [0.1, 0.15) is 21.7 Å². The van der Waals surface area contributed by atoms with Crippen LogP contribution in [0, 0.1) is 13.8 Å². The predicted octanol–water partition coefficient (Wildman–Crippen LogP) is 5.98. The summed E-state index contributed by atoms with van der Waals surface area (Å²) < 4.78 is 1.70. The summed E-state index contributed by atoms with van der Waals surface area (Å²) in [7, 11) is 0. The maximum atomic E-state index is 6.65. The highest BCUT2D eigenvalue weighted by atomic mass is 35.5. The van der Waals surface area contributed by atoms with E-state index in [0.717, 1.165) is 39.1 Å². The molecule has 1 unspecified atom stereocenters. The quantitative estimate of drug-likeness (QED) is 0.302. The SMILES string of the molecule is Cc1nn(-c2cccc(-c3ccccn3)n2)c(C)c1SC(Cl)c1ccccc1. The van der Waals surface area contributed by atoms with Crippen molar-refractivity contribution in [2.45, 2.75) is 23.5 Å². The Morgan fingerprint density at radius 1 is 0.893 bits per heavy atom. The molecular formula is C22H19ClN4S. The number of aryl methyl sites for hydroxylation is 1. The van der Waals surface area contributed by atoms with E-state index >= 15 is 0 Å². The highest BCUT2D eigenvalue weighted by Crippen LogP contribution is 2.41. The molecule has 0 saturated heterocycles. The van der Waals surface area contributed by atoms with Gasteiger partial charge in [-0.1, -0.05) is 54.2 Å². The third kappa shape index (κ3) is 3.81. The van der Waals surface area contributed by atoms with Gasteiger partial charge in [0.1, 0.15) is 4.71 Å². The lowest BCUT2D eigenvalue weighted by molar-refractivity contribution is 0.805. The molecule has 0 spiro atoms. The van der Waals surface area contributed by atoms with E-state index in [1.165, 1.54) is 0 Å². The van der Waals surface area contributed by atoms with Crippen molar-refractivity contribution in [1.29, 1.82) is 0 Å². The Kier molecular flexibility index (Phi) is 5.46. The Balaban J connectivity index is 1.66. The van der Waals surface area contributed by atoms with Gasteiger partial charge in [-0.05, 0) is 43.7 Å². The standard InChI is InChI=1S/C22H19ClN4S/c1-15-21(28-22(23)17-9-4-3-5-10-17)16(2)27(26-15)20-13-8-12-19(25-20)18-11-6-7-14-24-18/h3-14,22H,1-2H3. The van der Waals surface area contributed by atoms with Gasteiger partial charge in [-0.3, -0.25) is 4.98 Å². The van der Waals surface area contributed by atoms with Gasteiger partial charge < -0.3 is 0 Å². The molecule has 0 saturated carbocycles. The molecule has 140 valence electrons. The smallest absolute Gasteiger partial charge is 0.154 e. The van der Waals surface area contributed by atoms with Crippen LogP contribution in [-0.4, -0.2) is 19.7 Å². The molecule has 0 fully saturated rings. The summed E-state index contributed by atoms with van der Waals surface area (Å²) in [4.78, 5) is 10.2. The van der Waals surface area contributed by atoms with Crippen molar-refractivity contribution in [2.24, 2.45) is 0 Å². The van der Waals surface area contributed by atoms with E-state index in [9.17, 15) is 0 Å². The van der Waals surface area contributed by atoms with Crippen LogP contribution in [0.15, 0.2) is 77.8 Å². The molecule has 0 bridgehead atoms. The maximum absolute atomic E-state index is 6.65. The summed E-state index contributed by atoms with van der Waals surface area (Å²) in [6.07, 6.45) is 1.77. The molecule has 0 radical (unpaired) electrons. The monoisotopic (exact) mass is 406 g/mol. The second-order valence-electron chi connectivity index (χ2n) is 6.35. The van der Waals surface area contributed by atoms with Crippen LogP contribution in [0.3, 0.4) is 0 Å². The number of halogens is 1. The van der Waals surface area contributed by atoms with E-state index in [4.69, 9.17) is 21.7 Å². The van der Waals surface area contributed by atoms with Crippen molar-refractivity contribution in [1.82, 2.24) is 19.7 Å². The fraction of sp³-hybridized carbons (Fsp3) is 0.136. The molecule has 6 heteroatoms. The number of benzene rings is 1. The van der Waals surface area contributed by atoms with Gasteiger partial charge >= 0.3 is 0 Å². The van der Waals surface area contributed by atoms with Crippen LogP contribution in [-0.2, 0) is 0 Å². The minimum Gasteiger partial charge on any atom is -0.255 e. The van der Waals surface area contributed by atoms with Crippen LogP contribution in [0.4, 0.5) is 0 Å². The van der Waals surface area contributed by atoms with E-state index in [-0.39, 0.29) is 4.71 Å². The summed E-state index contributed by atoms with van der Waals surface area (Å²) in [5.41, 5.74) is 4.70. The number of nitrogens with zero attached hydrogens (tertiary/aromatic N) is 4. The second kappa shape index (κ2) is 8.17. The molecule has 4 aromatic rings. The molecule has 4 nitrogen and oxygen atoms in total. The minimum atomic E-state index is -0.177. The van der Waals surface area contributed by atoms with E-state index in [1.54, 1.807) is 18.0 Å². The molecule has 3 heterocycles. The van der Waals surface area contributed by atoms with E-state index in [2.05, 4.69) is 4.98 Å². The third-order valence-electron chi connectivity index (χ3n) is 4.39. The topological polar surface area (TPSA) is 43.6 Å². The molecule has 28 heavy (non-hydrogen) atoms. The first-order chi connectivity index (χ1) is 13.6. The fourth-order valence-corrected chi connectivity index (χ4v) is 4.38. The Bertz CT molecular complexity index is 1080. The molecule has 0 aliphatic carbocycles. The highest BCUT2D eigenvalue weighted by Gasteiger charge is 2.19. The second-order valence-corrected chi connectivity index (χ2v) is 8.16. The third-order valence-corrected chi connectivity index (χ3v) is 6.21.